The van der Waals surface area contributed by atoms with Gasteiger partial charge in [-0.15, -0.1) is 0 Å². The number of hydrogen-bond acceptors (Lipinski definition) is 4. The quantitative estimate of drug-likeness (QED) is 0.484. The second-order valence-corrected chi connectivity index (χ2v) is 3.98. The van der Waals surface area contributed by atoms with E-state index in [1.807, 2.05) is 13.8 Å². The highest BCUT2D eigenvalue weighted by Gasteiger charge is 2.28. The Bertz CT molecular complexity index is 255. The molecule has 0 aliphatic heterocycles. The maximum atomic E-state index is 11.6. The molecule has 0 rings (SSSR count). The number of rotatable bonds is 6. The minimum Gasteiger partial charge on any atom is -0.480 e. The van der Waals surface area contributed by atoms with Crippen LogP contribution in [0.15, 0.2) is 0 Å². The molecule has 0 saturated carbocycles. The van der Waals surface area contributed by atoms with Crippen LogP contribution in [0.2, 0.25) is 0 Å². The molecule has 0 spiro atoms. The molecule has 0 radical (unpaired) electrons. The van der Waals surface area contributed by atoms with Gasteiger partial charge in [-0.2, -0.15) is 0 Å². The van der Waals surface area contributed by atoms with Gasteiger partial charge in [0.25, 0.3) is 0 Å². The van der Waals surface area contributed by atoms with Crippen molar-refractivity contribution in [3.63, 3.8) is 0 Å². The fourth-order valence-corrected chi connectivity index (χ4v) is 1.15. The van der Waals surface area contributed by atoms with Crippen molar-refractivity contribution in [3.8, 4) is 0 Å². The van der Waals surface area contributed by atoms with Crippen LogP contribution >= 0.6 is 0 Å². The lowest BCUT2D eigenvalue weighted by Gasteiger charge is -2.22. The average molecular weight is 232 g/mol. The lowest BCUT2D eigenvalue weighted by atomic mass is 9.99. The van der Waals surface area contributed by atoms with Crippen molar-refractivity contribution < 1.29 is 19.8 Å². The molecule has 1 amide bonds. The van der Waals surface area contributed by atoms with Crippen LogP contribution in [0.3, 0.4) is 0 Å². The highest BCUT2D eigenvalue weighted by molar-refractivity contribution is 5.87. The molecular weight excluding hydrogens is 212 g/mol. The topological polar surface area (TPSA) is 113 Å². The summed E-state index contributed by atoms with van der Waals surface area (Å²) in [6.07, 6.45) is -0.438. The number of aliphatic carboxylic acids is 1. The van der Waals surface area contributed by atoms with Crippen LogP contribution in [0, 0.1) is 5.92 Å². The molecule has 0 aromatic carbocycles. The second kappa shape index (κ2) is 6.44. The number of nitrogens with two attached hydrogens (primary N) is 1. The zero-order chi connectivity index (χ0) is 12.9. The van der Waals surface area contributed by atoms with Gasteiger partial charge in [-0.25, -0.2) is 4.79 Å². The van der Waals surface area contributed by atoms with Gasteiger partial charge in [-0.05, 0) is 12.8 Å². The van der Waals surface area contributed by atoms with Gasteiger partial charge in [0.2, 0.25) is 5.91 Å². The molecule has 6 heteroatoms. The fourth-order valence-electron chi connectivity index (χ4n) is 1.15. The number of carboxylic acid groups (broad SMARTS) is 1. The maximum Gasteiger partial charge on any atom is 0.328 e. The summed E-state index contributed by atoms with van der Waals surface area (Å²) in [7, 11) is 0. The molecule has 0 aromatic heterocycles. The van der Waals surface area contributed by atoms with Crippen LogP contribution in [0.25, 0.3) is 0 Å². The first-order chi connectivity index (χ1) is 7.31. The largest absolute Gasteiger partial charge is 0.480 e. The SMILES string of the molecule is CC[C@H](C)[C@H](N)C(=O)N[C@H](C(=O)O)[C@@H](C)O. The first-order valence-electron chi connectivity index (χ1n) is 5.28. The lowest BCUT2D eigenvalue weighted by Crippen LogP contribution is -2.54. The van der Waals surface area contributed by atoms with Crippen LogP contribution in [-0.2, 0) is 9.59 Å². The Morgan fingerprint density at radius 1 is 1.38 bits per heavy atom. The van der Waals surface area contributed by atoms with Crippen molar-refractivity contribution in [2.45, 2.75) is 45.4 Å². The van der Waals surface area contributed by atoms with Gasteiger partial charge >= 0.3 is 5.97 Å². The van der Waals surface area contributed by atoms with Crippen molar-refractivity contribution in [1.29, 1.82) is 0 Å². The Morgan fingerprint density at radius 3 is 2.19 bits per heavy atom. The van der Waals surface area contributed by atoms with E-state index in [1.54, 1.807) is 0 Å². The first kappa shape index (κ1) is 14.9. The highest BCUT2D eigenvalue weighted by Crippen LogP contribution is 2.06. The molecule has 4 atom stereocenters. The van der Waals surface area contributed by atoms with Crippen molar-refractivity contribution in [2.75, 3.05) is 0 Å². The summed E-state index contributed by atoms with van der Waals surface area (Å²) in [6.45, 7) is 5.00. The molecule has 0 fully saturated rings. The summed E-state index contributed by atoms with van der Waals surface area (Å²) < 4.78 is 0. The van der Waals surface area contributed by atoms with Gasteiger partial charge in [0.1, 0.15) is 0 Å². The fraction of sp³-hybridized carbons (Fsp3) is 0.800. The molecule has 0 aromatic rings. The third-order valence-electron chi connectivity index (χ3n) is 2.61. The molecule has 6 nitrogen and oxygen atoms in total. The molecule has 0 heterocycles. The molecule has 0 aliphatic carbocycles. The summed E-state index contributed by atoms with van der Waals surface area (Å²) >= 11 is 0. The number of carboxylic acids is 1. The normalized spacial score (nSPS) is 18.3. The van der Waals surface area contributed by atoms with E-state index in [1.165, 1.54) is 6.92 Å². The summed E-state index contributed by atoms with van der Waals surface area (Å²) in [4.78, 5) is 22.3. The Hall–Kier alpha value is -1.14. The molecule has 94 valence electrons. The van der Waals surface area contributed by atoms with Gasteiger partial charge in [0, 0.05) is 0 Å². The Morgan fingerprint density at radius 2 is 1.88 bits per heavy atom. The number of aliphatic hydroxyl groups excluding tert-OH is 1. The number of hydrogen-bond donors (Lipinski definition) is 4. The Labute approximate surface area is 94.8 Å². The van der Waals surface area contributed by atoms with Gasteiger partial charge in [0.05, 0.1) is 12.1 Å². The van der Waals surface area contributed by atoms with E-state index in [-0.39, 0.29) is 5.92 Å². The number of carbonyl (C=O) groups is 2. The average Bonchev–Trinajstić information content (AvgIpc) is 2.22. The van der Waals surface area contributed by atoms with Crippen LogP contribution in [0.5, 0.6) is 0 Å². The van der Waals surface area contributed by atoms with Gasteiger partial charge in [0.15, 0.2) is 6.04 Å². The number of aliphatic hydroxyl groups is 1. The lowest BCUT2D eigenvalue weighted by molar-refractivity contribution is -0.145. The molecule has 16 heavy (non-hydrogen) atoms. The summed E-state index contributed by atoms with van der Waals surface area (Å²) in [5.74, 6) is -1.87. The van der Waals surface area contributed by atoms with E-state index in [2.05, 4.69) is 5.32 Å². The first-order valence-corrected chi connectivity index (χ1v) is 5.28. The summed E-state index contributed by atoms with van der Waals surface area (Å²) in [6, 6.07) is -2.08. The van der Waals surface area contributed by atoms with Gasteiger partial charge < -0.3 is 21.3 Å². The number of amides is 1. The number of nitrogens with one attached hydrogen (secondary N) is 1. The standard InChI is InChI=1S/C10H20N2O4/c1-4-5(2)7(11)9(14)12-8(6(3)13)10(15)16/h5-8,13H,4,11H2,1-3H3,(H,12,14)(H,15,16)/t5-,6+,7-,8-/m0/s1. The second-order valence-electron chi connectivity index (χ2n) is 3.98. The van der Waals surface area contributed by atoms with Crippen LogP contribution in [0.4, 0.5) is 0 Å². The van der Waals surface area contributed by atoms with Crippen molar-refractivity contribution in [2.24, 2.45) is 11.7 Å². The van der Waals surface area contributed by atoms with Crippen molar-refractivity contribution in [3.05, 3.63) is 0 Å². The third kappa shape index (κ3) is 4.16. The molecule has 0 unspecified atom stereocenters. The predicted octanol–water partition coefficient (Wildman–Crippen LogP) is -0.690. The third-order valence-corrected chi connectivity index (χ3v) is 2.61. The summed E-state index contributed by atoms with van der Waals surface area (Å²) in [5, 5.41) is 20.1. The van der Waals surface area contributed by atoms with E-state index in [9.17, 15) is 14.7 Å². The minimum atomic E-state index is -1.32. The molecule has 0 bridgehead atoms. The Balaban J connectivity index is 4.46. The number of carbonyl (C=O) groups excluding carboxylic acids is 1. The zero-order valence-corrected chi connectivity index (χ0v) is 9.80. The molecule has 0 aliphatic rings. The van der Waals surface area contributed by atoms with E-state index < -0.39 is 30.1 Å². The maximum absolute atomic E-state index is 11.6. The summed E-state index contributed by atoms with van der Waals surface area (Å²) in [5.41, 5.74) is 5.63. The van der Waals surface area contributed by atoms with E-state index in [0.717, 1.165) is 6.42 Å². The van der Waals surface area contributed by atoms with E-state index in [0.29, 0.717) is 0 Å². The van der Waals surface area contributed by atoms with Crippen LogP contribution in [-0.4, -0.2) is 40.3 Å². The minimum absolute atomic E-state index is 0.0385. The van der Waals surface area contributed by atoms with E-state index >= 15 is 0 Å². The van der Waals surface area contributed by atoms with Gasteiger partial charge in [-0.3, -0.25) is 4.79 Å². The predicted molar refractivity (Wildman–Crippen MR) is 58.7 cm³/mol. The zero-order valence-electron chi connectivity index (χ0n) is 9.80. The Kier molecular flexibility index (Phi) is 5.98. The van der Waals surface area contributed by atoms with Gasteiger partial charge in [-0.1, -0.05) is 20.3 Å². The highest BCUT2D eigenvalue weighted by atomic mass is 16.4. The van der Waals surface area contributed by atoms with Crippen molar-refractivity contribution >= 4 is 11.9 Å². The monoisotopic (exact) mass is 232 g/mol. The molecule has 0 saturated heterocycles. The van der Waals surface area contributed by atoms with Crippen LogP contribution < -0.4 is 11.1 Å². The molecule has 5 N–H and O–H groups in total. The molecular formula is C10H20N2O4. The van der Waals surface area contributed by atoms with E-state index in [4.69, 9.17) is 10.8 Å². The smallest absolute Gasteiger partial charge is 0.328 e. The van der Waals surface area contributed by atoms with Crippen molar-refractivity contribution in [1.82, 2.24) is 5.32 Å². The van der Waals surface area contributed by atoms with Crippen LogP contribution in [0.1, 0.15) is 27.2 Å².